The molecule has 3 rings (SSSR count). The standard InChI is InChI=1S/C13H8N2O2.C2H6.C2H4/c16-13(17)10-6-5-9-4-3-8-2-1-7-14-11(8)12(9)15-10;2*1-2/h1-7H,(H,16,17);1-2H3;1-2H2. The quantitative estimate of drug-likeness (QED) is 0.533. The van der Waals surface area contributed by atoms with Crippen molar-refractivity contribution in [3.8, 4) is 0 Å². The van der Waals surface area contributed by atoms with Crippen LogP contribution in [0.15, 0.2) is 55.8 Å². The minimum absolute atomic E-state index is 0.0376. The summed E-state index contributed by atoms with van der Waals surface area (Å²) in [4.78, 5) is 19.3. The highest BCUT2D eigenvalue weighted by atomic mass is 16.4. The monoisotopic (exact) mass is 282 g/mol. The Bertz CT molecular complexity index is 754. The van der Waals surface area contributed by atoms with Gasteiger partial charge in [-0.05, 0) is 12.1 Å². The van der Waals surface area contributed by atoms with E-state index < -0.39 is 5.97 Å². The number of rotatable bonds is 1. The lowest BCUT2D eigenvalue weighted by Crippen LogP contribution is -2.00. The molecule has 0 aliphatic carbocycles. The Morgan fingerprint density at radius 2 is 1.57 bits per heavy atom. The van der Waals surface area contributed by atoms with Gasteiger partial charge < -0.3 is 5.11 Å². The van der Waals surface area contributed by atoms with Crippen LogP contribution in [-0.2, 0) is 0 Å². The lowest BCUT2D eigenvalue weighted by atomic mass is 10.1. The summed E-state index contributed by atoms with van der Waals surface area (Å²) in [5, 5.41) is 10.8. The smallest absolute Gasteiger partial charge is 0.354 e. The third-order valence-corrected chi connectivity index (χ3v) is 2.65. The zero-order chi connectivity index (χ0) is 15.8. The predicted molar refractivity (Wildman–Crippen MR) is 86.6 cm³/mol. The molecule has 0 saturated carbocycles. The van der Waals surface area contributed by atoms with E-state index >= 15 is 0 Å². The van der Waals surface area contributed by atoms with Crippen LogP contribution in [0.4, 0.5) is 0 Å². The number of nitrogens with zero attached hydrogens (tertiary/aromatic N) is 2. The van der Waals surface area contributed by atoms with Crippen molar-refractivity contribution in [2.24, 2.45) is 0 Å². The number of benzene rings is 1. The second-order valence-corrected chi connectivity index (χ2v) is 3.71. The Morgan fingerprint density at radius 3 is 2.19 bits per heavy atom. The molecule has 0 aliphatic heterocycles. The molecule has 0 radical (unpaired) electrons. The summed E-state index contributed by atoms with van der Waals surface area (Å²) in [5.41, 5.74) is 1.40. The lowest BCUT2D eigenvalue weighted by molar-refractivity contribution is 0.0691. The highest BCUT2D eigenvalue weighted by Crippen LogP contribution is 2.21. The second-order valence-electron chi connectivity index (χ2n) is 3.71. The van der Waals surface area contributed by atoms with Gasteiger partial charge in [-0.2, -0.15) is 0 Å². The first kappa shape index (κ1) is 16.3. The molecule has 0 bridgehead atoms. The number of aromatic carboxylic acids is 1. The zero-order valence-corrected chi connectivity index (χ0v) is 12.2. The van der Waals surface area contributed by atoms with Crippen LogP contribution in [0.5, 0.6) is 0 Å². The number of carbonyl (C=O) groups is 1. The molecule has 4 heteroatoms. The Labute approximate surface area is 123 Å². The molecule has 0 amide bonds. The van der Waals surface area contributed by atoms with Gasteiger partial charge in [0.25, 0.3) is 0 Å². The minimum Gasteiger partial charge on any atom is -0.477 e. The number of hydrogen-bond acceptors (Lipinski definition) is 3. The molecule has 108 valence electrons. The van der Waals surface area contributed by atoms with Crippen LogP contribution in [0.3, 0.4) is 0 Å². The van der Waals surface area contributed by atoms with E-state index in [1.807, 2.05) is 38.1 Å². The molecule has 4 nitrogen and oxygen atoms in total. The third kappa shape index (κ3) is 3.42. The van der Waals surface area contributed by atoms with Crippen LogP contribution in [0, 0.1) is 0 Å². The molecule has 2 aromatic heterocycles. The van der Waals surface area contributed by atoms with E-state index in [1.54, 1.807) is 12.3 Å². The third-order valence-electron chi connectivity index (χ3n) is 2.65. The Hall–Kier alpha value is -2.75. The topological polar surface area (TPSA) is 63.1 Å². The molecular weight excluding hydrogens is 264 g/mol. The largest absolute Gasteiger partial charge is 0.477 e. The van der Waals surface area contributed by atoms with Gasteiger partial charge in [0, 0.05) is 17.0 Å². The summed E-state index contributed by atoms with van der Waals surface area (Å²) in [6, 6.07) is 10.9. The van der Waals surface area contributed by atoms with Crippen molar-refractivity contribution in [3.05, 3.63) is 61.4 Å². The average molecular weight is 282 g/mol. The van der Waals surface area contributed by atoms with Gasteiger partial charge in [0.05, 0.1) is 11.0 Å². The Balaban J connectivity index is 0.000000510. The lowest BCUT2D eigenvalue weighted by Gasteiger charge is -2.02. The fraction of sp³-hybridized carbons (Fsp3) is 0.118. The summed E-state index contributed by atoms with van der Waals surface area (Å²) in [6.07, 6.45) is 1.68. The number of carboxylic acids is 1. The molecule has 2 heterocycles. The first-order valence-electron chi connectivity index (χ1n) is 6.63. The maximum absolute atomic E-state index is 10.9. The molecule has 21 heavy (non-hydrogen) atoms. The van der Waals surface area contributed by atoms with Crippen LogP contribution >= 0.6 is 0 Å². The van der Waals surface area contributed by atoms with Gasteiger partial charge in [-0.25, -0.2) is 9.78 Å². The number of hydrogen-bond donors (Lipinski definition) is 1. The van der Waals surface area contributed by atoms with Crippen LogP contribution in [0.1, 0.15) is 24.3 Å². The molecule has 0 aliphatic rings. The fourth-order valence-corrected chi connectivity index (χ4v) is 1.84. The van der Waals surface area contributed by atoms with Crippen molar-refractivity contribution < 1.29 is 9.90 Å². The zero-order valence-electron chi connectivity index (χ0n) is 12.2. The molecular formula is C17H18N2O2. The second kappa shape index (κ2) is 7.75. The van der Waals surface area contributed by atoms with Gasteiger partial charge in [0.1, 0.15) is 5.69 Å². The van der Waals surface area contributed by atoms with Crippen molar-refractivity contribution in [1.82, 2.24) is 9.97 Å². The number of aromatic nitrogens is 2. The van der Waals surface area contributed by atoms with Crippen molar-refractivity contribution in [1.29, 1.82) is 0 Å². The van der Waals surface area contributed by atoms with E-state index in [-0.39, 0.29) is 5.69 Å². The first-order chi connectivity index (χ1) is 10.3. The molecule has 1 N–H and O–H groups in total. The van der Waals surface area contributed by atoms with Crippen LogP contribution < -0.4 is 0 Å². The predicted octanol–water partition coefficient (Wildman–Crippen LogP) is 4.31. The minimum atomic E-state index is -1.03. The van der Waals surface area contributed by atoms with E-state index in [4.69, 9.17) is 5.11 Å². The van der Waals surface area contributed by atoms with E-state index in [9.17, 15) is 4.79 Å². The van der Waals surface area contributed by atoms with Crippen LogP contribution in [0.2, 0.25) is 0 Å². The number of carboxylic acid groups (broad SMARTS) is 1. The van der Waals surface area contributed by atoms with Gasteiger partial charge >= 0.3 is 5.97 Å². The van der Waals surface area contributed by atoms with Crippen molar-refractivity contribution >= 4 is 27.8 Å². The Kier molecular flexibility index (Phi) is 6.01. The Morgan fingerprint density at radius 1 is 1.00 bits per heavy atom. The normalized spacial score (nSPS) is 9.24. The molecule has 0 unspecified atom stereocenters. The summed E-state index contributed by atoms with van der Waals surface area (Å²) >= 11 is 0. The maximum Gasteiger partial charge on any atom is 0.354 e. The maximum atomic E-state index is 10.9. The average Bonchev–Trinajstić information content (AvgIpc) is 2.58. The van der Waals surface area contributed by atoms with Gasteiger partial charge in [-0.3, -0.25) is 4.98 Å². The van der Waals surface area contributed by atoms with E-state index in [2.05, 4.69) is 23.1 Å². The van der Waals surface area contributed by atoms with Gasteiger partial charge in [-0.15, -0.1) is 13.2 Å². The van der Waals surface area contributed by atoms with Crippen molar-refractivity contribution in [2.45, 2.75) is 13.8 Å². The summed E-state index contributed by atoms with van der Waals surface area (Å²) in [5.74, 6) is -1.03. The van der Waals surface area contributed by atoms with Gasteiger partial charge in [0.15, 0.2) is 0 Å². The van der Waals surface area contributed by atoms with E-state index in [0.717, 1.165) is 16.3 Å². The van der Waals surface area contributed by atoms with Gasteiger partial charge in [-0.1, -0.05) is 38.1 Å². The van der Waals surface area contributed by atoms with Crippen LogP contribution in [-0.4, -0.2) is 21.0 Å². The molecule has 0 spiro atoms. The molecule has 0 fully saturated rings. The molecule has 0 atom stereocenters. The van der Waals surface area contributed by atoms with E-state index in [1.165, 1.54) is 6.07 Å². The van der Waals surface area contributed by atoms with Crippen molar-refractivity contribution in [2.75, 3.05) is 0 Å². The van der Waals surface area contributed by atoms with E-state index in [0.29, 0.717) is 5.52 Å². The summed E-state index contributed by atoms with van der Waals surface area (Å²) < 4.78 is 0. The highest BCUT2D eigenvalue weighted by Gasteiger charge is 2.08. The first-order valence-corrected chi connectivity index (χ1v) is 6.63. The van der Waals surface area contributed by atoms with Crippen LogP contribution in [0.25, 0.3) is 21.8 Å². The summed E-state index contributed by atoms with van der Waals surface area (Å²) in [6.45, 7) is 10.0. The SMILES string of the molecule is C=C.CC.O=C(O)c1ccc2ccc3cccnc3c2n1. The van der Waals surface area contributed by atoms with Gasteiger partial charge in [0.2, 0.25) is 0 Å². The van der Waals surface area contributed by atoms with Crippen molar-refractivity contribution in [3.63, 3.8) is 0 Å². The molecule has 0 saturated heterocycles. The highest BCUT2D eigenvalue weighted by molar-refractivity contribution is 6.03. The molecule has 1 aromatic carbocycles. The number of pyridine rings is 2. The summed E-state index contributed by atoms with van der Waals surface area (Å²) in [7, 11) is 0. The number of fused-ring (bicyclic) bond motifs is 3. The fourth-order valence-electron chi connectivity index (χ4n) is 1.84. The molecule has 3 aromatic rings.